The Bertz CT molecular complexity index is 415. The number of nitrogens with zero attached hydrogens (tertiary/aromatic N) is 2. The largest absolute Gasteiger partial charge is 0.354 e. The molecule has 1 aliphatic heterocycles. The van der Waals surface area contributed by atoms with Crippen molar-refractivity contribution in [1.82, 2.24) is 15.3 Å². The van der Waals surface area contributed by atoms with Gasteiger partial charge in [-0.2, -0.15) is 0 Å². The first-order valence-corrected chi connectivity index (χ1v) is 5.77. The van der Waals surface area contributed by atoms with Crippen molar-refractivity contribution in [2.24, 2.45) is 0 Å². The molecule has 2 rings (SSSR count). The van der Waals surface area contributed by atoms with Gasteiger partial charge in [-0.1, -0.05) is 6.92 Å². The zero-order chi connectivity index (χ0) is 11.5. The zero-order valence-corrected chi connectivity index (χ0v) is 9.79. The second-order valence-electron chi connectivity index (χ2n) is 4.21. The van der Waals surface area contributed by atoms with Gasteiger partial charge < -0.3 is 15.2 Å². The van der Waals surface area contributed by atoms with Gasteiger partial charge in [0.2, 0.25) is 0 Å². The lowest BCUT2D eigenvalue weighted by atomic mass is 10.2. The fraction of sp³-hybridized carbons (Fsp3) is 0.636. The SMILES string of the molecule is CCc1nc(N2CCN[C@@H](C)C2)cc(=O)[nH]1. The molecule has 1 aromatic rings. The molecule has 1 fully saturated rings. The van der Waals surface area contributed by atoms with E-state index in [1.54, 1.807) is 6.07 Å². The smallest absolute Gasteiger partial charge is 0.252 e. The minimum Gasteiger partial charge on any atom is -0.354 e. The molecule has 0 unspecified atom stereocenters. The van der Waals surface area contributed by atoms with Crippen LogP contribution in [0.4, 0.5) is 5.82 Å². The Morgan fingerprint density at radius 1 is 1.62 bits per heavy atom. The molecule has 0 aliphatic carbocycles. The highest BCUT2D eigenvalue weighted by atomic mass is 16.1. The van der Waals surface area contributed by atoms with Crippen molar-refractivity contribution in [1.29, 1.82) is 0 Å². The fourth-order valence-corrected chi connectivity index (χ4v) is 1.96. The number of hydrogen-bond donors (Lipinski definition) is 2. The summed E-state index contributed by atoms with van der Waals surface area (Å²) in [6, 6.07) is 2.02. The first kappa shape index (κ1) is 11.1. The van der Waals surface area contributed by atoms with E-state index in [1.165, 1.54) is 0 Å². The first-order chi connectivity index (χ1) is 7.69. The maximum atomic E-state index is 11.5. The number of H-pyrrole nitrogens is 1. The van der Waals surface area contributed by atoms with Crippen LogP contribution in [0.2, 0.25) is 0 Å². The summed E-state index contributed by atoms with van der Waals surface area (Å²) in [5, 5.41) is 3.37. The quantitative estimate of drug-likeness (QED) is 0.746. The van der Waals surface area contributed by atoms with Crippen molar-refractivity contribution in [3.8, 4) is 0 Å². The van der Waals surface area contributed by atoms with Crippen molar-refractivity contribution in [3.05, 3.63) is 22.2 Å². The number of aryl methyl sites for hydroxylation is 1. The number of aromatic nitrogens is 2. The van der Waals surface area contributed by atoms with Crippen molar-refractivity contribution in [2.45, 2.75) is 26.3 Å². The molecule has 1 saturated heterocycles. The van der Waals surface area contributed by atoms with E-state index in [4.69, 9.17) is 0 Å². The average Bonchev–Trinajstić information content (AvgIpc) is 2.28. The third-order valence-corrected chi connectivity index (χ3v) is 2.80. The Morgan fingerprint density at radius 3 is 3.12 bits per heavy atom. The molecule has 16 heavy (non-hydrogen) atoms. The normalized spacial score (nSPS) is 21.1. The van der Waals surface area contributed by atoms with Gasteiger partial charge in [-0.3, -0.25) is 4.79 Å². The number of rotatable bonds is 2. The fourth-order valence-electron chi connectivity index (χ4n) is 1.96. The van der Waals surface area contributed by atoms with Gasteiger partial charge in [0, 0.05) is 38.2 Å². The zero-order valence-electron chi connectivity index (χ0n) is 9.79. The van der Waals surface area contributed by atoms with Gasteiger partial charge in [-0.15, -0.1) is 0 Å². The van der Waals surface area contributed by atoms with E-state index < -0.39 is 0 Å². The Kier molecular flexibility index (Phi) is 3.24. The van der Waals surface area contributed by atoms with E-state index in [1.807, 2.05) is 6.92 Å². The van der Waals surface area contributed by atoms with Crippen LogP contribution in [-0.2, 0) is 6.42 Å². The van der Waals surface area contributed by atoms with E-state index >= 15 is 0 Å². The number of piperazine rings is 1. The summed E-state index contributed by atoms with van der Waals surface area (Å²) in [4.78, 5) is 20.8. The number of hydrogen-bond acceptors (Lipinski definition) is 4. The lowest BCUT2D eigenvalue weighted by molar-refractivity contribution is 0.481. The number of anilines is 1. The van der Waals surface area contributed by atoms with Gasteiger partial charge in [0.1, 0.15) is 11.6 Å². The summed E-state index contributed by atoms with van der Waals surface area (Å²) in [6.07, 6.45) is 0.755. The summed E-state index contributed by atoms with van der Waals surface area (Å²) in [5.41, 5.74) is -0.0620. The predicted molar refractivity (Wildman–Crippen MR) is 63.9 cm³/mol. The molecular weight excluding hydrogens is 204 g/mol. The third-order valence-electron chi connectivity index (χ3n) is 2.80. The number of aromatic amines is 1. The van der Waals surface area contributed by atoms with E-state index in [0.29, 0.717) is 6.04 Å². The maximum Gasteiger partial charge on any atom is 0.252 e. The van der Waals surface area contributed by atoms with Gasteiger partial charge in [0.05, 0.1) is 0 Å². The molecular formula is C11H18N4O. The highest BCUT2D eigenvalue weighted by molar-refractivity contribution is 5.38. The third kappa shape index (κ3) is 2.41. The molecule has 0 saturated carbocycles. The highest BCUT2D eigenvalue weighted by Crippen LogP contribution is 2.10. The lowest BCUT2D eigenvalue weighted by Crippen LogP contribution is -2.49. The summed E-state index contributed by atoms with van der Waals surface area (Å²) in [6.45, 7) is 6.88. The number of nitrogens with one attached hydrogen (secondary N) is 2. The van der Waals surface area contributed by atoms with E-state index in [2.05, 4.69) is 27.1 Å². The van der Waals surface area contributed by atoms with Crippen LogP contribution in [0.1, 0.15) is 19.7 Å². The second kappa shape index (κ2) is 4.65. The molecule has 1 aromatic heterocycles. The molecule has 0 spiro atoms. The first-order valence-electron chi connectivity index (χ1n) is 5.77. The van der Waals surface area contributed by atoms with Crippen LogP contribution in [-0.4, -0.2) is 35.6 Å². The van der Waals surface area contributed by atoms with Gasteiger partial charge in [0.15, 0.2) is 0 Å². The molecule has 2 N–H and O–H groups in total. The summed E-state index contributed by atoms with van der Waals surface area (Å²) < 4.78 is 0. The molecule has 2 heterocycles. The molecule has 0 bridgehead atoms. The highest BCUT2D eigenvalue weighted by Gasteiger charge is 2.17. The molecule has 0 aromatic carbocycles. The minimum atomic E-state index is -0.0620. The molecule has 0 radical (unpaired) electrons. The van der Waals surface area contributed by atoms with Crippen LogP contribution < -0.4 is 15.8 Å². The topological polar surface area (TPSA) is 61.0 Å². The summed E-state index contributed by atoms with van der Waals surface area (Å²) >= 11 is 0. The predicted octanol–water partition coefficient (Wildman–Crippen LogP) is 0.130. The monoisotopic (exact) mass is 222 g/mol. The average molecular weight is 222 g/mol. The molecule has 1 aliphatic rings. The van der Waals surface area contributed by atoms with Gasteiger partial charge in [-0.05, 0) is 6.92 Å². The summed E-state index contributed by atoms with van der Waals surface area (Å²) in [5.74, 6) is 1.56. The van der Waals surface area contributed by atoms with Crippen molar-refractivity contribution >= 4 is 5.82 Å². The van der Waals surface area contributed by atoms with Crippen LogP contribution in [0, 0.1) is 0 Å². The van der Waals surface area contributed by atoms with Gasteiger partial charge in [-0.25, -0.2) is 4.98 Å². The van der Waals surface area contributed by atoms with E-state index in [-0.39, 0.29) is 5.56 Å². The molecule has 5 nitrogen and oxygen atoms in total. The van der Waals surface area contributed by atoms with Crippen molar-refractivity contribution in [2.75, 3.05) is 24.5 Å². The van der Waals surface area contributed by atoms with Crippen LogP contribution in [0.15, 0.2) is 10.9 Å². The maximum absolute atomic E-state index is 11.5. The standard InChI is InChI=1S/C11H18N4O/c1-3-9-13-10(6-11(16)14-9)15-5-4-12-8(2)7-15/h6,8,12H,3-5,7H2,1-2H3,(H,13,14,16)/t8-/m0/s1. The summed E-state index contributed by atoms with van der Waals surface area (Å²) in [7, 11) is 0. The van der Waals surface area contributed by atoms with Crippen LogP contribution in [0.3, 0.4) is 0 Å². The molecule has 5 heteroatoms. The van der Waals surface area contributed by atoms with Crippen LogP contribution in [0.5, 0.6) is 0 Å². The minimum absolute atomic E-state index is 0.0620. The Balaban J connectivity index is 2.25. The van der Waals surface area contributed by atoms with Crippen molar-refractivity contribution in [3.63, 3.8) is 0 Å². The Morgan fingerprint density at radius 2 is 2.44 bits per heavy atom. The van der Waals surface area contributed by atoms with Crippen molar-refractivity contribution < 1.29 is 0 Å². The molecule has 1 atom stereocenters. The Labute approximate surface area is 94.9 Å². The molecule has 88 valence electrons. The lowest BCUT2D eigenvalue weighted by Gasteiger charge is -2.32. The Hall–Kier alpha value is -1.36. The molecule has 0 amide bonds. The van der Waals surface area contributed by atoms with Crippen LogP contribution >= 0.6 is 0 Å². The van der Waals surface area contributed by atoms with E-state index in [0.717, 1.165) is 37.7 Å². The van der Waals surface area contributed by atoms with E-state index in [9.17, 15) is 4.79 Å². The second-order valence-corrected chi connectivity index (χ2v) is 4.21. The van der Waals surface area contributed by atoms with Gasteiger partial charge in [0.25, 0.3) is 5.56 Å². The van der Waals surface area contributed by atoms with Gasteiger partial charge >= 0.3 is 0 Å². The van der Waals surface area contributed by atoms with Crippen LogP contribution in [0.25, 0.3) is 0 Å².